The van der Waals surface area contributed by atoms with Crippen LogP contribution in [-0.2, 0) is 4.79 Å². The summed E-state index contributed by atoms with van der Waals surface area (Å²) in [6.07, 6.45) is 1.47. The molecule has 10 heteroatoms. The van der Waals surface area contributed by atoms with Gasteiger partial charge in [0.05, 0.1) is 17.6 Å². The van der Waals surface area contributed by atoms with Crippen molar-refractivity contribution < 1.29 is 9.53 Å². The number of carbonyl (C=O) groups is 1. The molecular weight excluding hydrogens is 470 g/mol. The normalized spacial score (nSPS) is 11.2. The van der Waals surface area contributed by atoms with Gasteiger partial charge in [0.1, 0.15) is 17.0 Å². The van der Waals surface area contributed by atoms with Gasteiger partial charge in [-0.2, -0.15) is 19.9 Å². The Bertz CT molecular complexity index is 1820. The van der Waals surface area contributed by atoms with Gasteiger partial charge in [-0.05, 0) is 42.0 Å². The maximum absolute atomic E-state index is 12.8. The average Bonchev–Trinajstić information content (AvgIpc) is 3.51. The molecule has 1 amide bonds. The lowest BCUT2D eigenvalue weighted by atomic mass is 10.1. The first-order valence-corrected chi connectivity index (χ1v) is 11.6. The van der Waals surface area contributed by atoms with Crippen LogP contribution in [0.4, 0.5) is 5.82 Å². The molecule has 6 aromatic rings. The molecule has 0 saturated carbocycles. The van der Waals surface area contributed by atoms with Crippen LogP contribution in [0.2, 0.25) is 0 Å². The van der Waals surface area contributed by atoms with E-state index in [0.717, 1.165) is 16.5 Å². The van der Waals surface area contributed by atoms with Crippen molar-refractivity contribution in [3.8, 4) is 17.4 Å². The van der Waals surface area contributed by atoms with Crippen LogP contribution in [0.1, 0.15) is 5.69 Å². The number of amides is 1. The van der Waals surface area contributed by atoms with E-state index in [-0.39, 0.29) is 24.0 Å². The summed E-state index contributed by atoms with van der Waals surface area (Å²) in [4.78, 5) is 32.9. The number of aryl methyl sites for hydroxylation is 1. The standard InChI is InChI=1S/C27H21N7O3/c1-17-13-23(29-24(35)16-37-21-12-11-18-7-5-6-8-19(18)14-21)34(32-17)27-30-25-22(26(36)31-27)15-28-33(25)20-9-3-2-4-10-20/h2-15H,16H2,1H3,(H,29,35)(H,30,31,36). The second-order valence-electron chi connectivity index (χ2n) is 8.45. The van der Waals surface area contributed by atoms with Crippen LogP contribution in [-0.4, -0.2) is 42.0 Å². The molecule has 3 aromatic carbocycles. The molecule has 0 radical (unpaired) electrons. The molecule has 3 heterocycles. The number of benzene rings is 3. The topological polar surface area (TPSA) is 120 Å². The first kappa shape index (κ1) is 22.2. The number of nitrogens with one attached hydrogen (secondary N) is 2. The number of anilines is 1. The Hall–Kier alpha value is -5.25. The van der Waals surface area contributed by atoms with E-state index < -0.39 is 0 Å². The first-order chi connectivity index (χ1) is 18.0. The molecule has 3 aromatic heterocycles. The van der Waals surface area contributed by atoms with E-state index in [9.17, 15) is 9.59 Å². The minimum atomic E-state index is -0.382. The van der Waals surface area contributed by atoms with Gasteiger partial charge in [0.2, 0.25) is 5.95 Å². The van der Waals surface area contributed by atoms with Crippen LogP contribution in [0.15, 0.2) is 89.9 Å². The highest BCUT2D eigenvalue weighted by Crippen LogP contribution is 2.21. The van der Waals surface area contributed by atoms with Crippen molar-refractivity contribution in [1.29, 1.82) is 0 Å². The van der Waals surface area contributed by atoms with Crippen molar-refractivity contribution in [2.45, 2.75) is 6.92 Å². The lowest BCUT2D eigenvalue weighted by Gasteiger charge is -2.10. The number of para-hydroxylation sites is 1. The molecule has 0 fully saturated rings. The lowest BCUT2D eigenvalue weighted by Crippen LogP contribution is -2.23. The number of aromatic amines is 1. The van der Waals surface area contributed by atoms with Crippen molar-refractivity contribution in [3.05, 3.63) is 101 Å². The van der Waals surface area contributed by atoms with Crippen LogP contribution in [0.5, 0.6) is 5.75 Å². The zero-order valence-corrected chi connectivity index (χ0v) is 19.8. The van der Waals surface area contributed by atoms with Crippen LogP contribution in [0, 0.1) is 6.92 Å². The number of nitrogens with zero attached hydrogens (tertiary/aromatic N) is 5. The number of hydrogen-bond donors (Lipinski definition) is 2. The minimum absolute atomic E-state index is 0.147. The summed E-state index contributed by atoms with van der Waals surface area (Å²) in [6, 6.07) is 24.6. The molecule has 0 aliphatic rings. The predicted molar refractivity (Wildman–Crippen MR) is 139 cm³/mol. The number of hydrogen-bond acceptors (Lipinski definition) is 6. The first-order valence-electron chi connectivity index (χ1n) is 11.6. The van der Waals surface area contributed by atoms with Gasteiger partial charge in [0, 0.05) is 6.07 Å². The van der Waals surface area contributed by atoms with Crippen molar-refractivity contribution >= 4 is 33.5 Å². The summed E-state index contributed by atoms with van der Waals surface area (Å²) < 4.78 is 8.67. The van der Waals surface area contributed by atoms with E-state index in [1.54, 1.807) is 17.7 Å². The Morgan fingerprint density at radius 1 is 0.973 bits per heavy atom. The van der Waals surface area contributed by atoms with Gasteiger partial charge in [0.15, 0.2) is 12.3 Å². The van der Waals surface area contributed by atoms with Crippen LogP contribution in [0.3, 0.4) is 0 Å². The number of H-pyrrole nitrogens is 1. The van der Waals surface area contributed by atoms with Gasteiger partial charge >= 0.3 is 0 Å². The predicted octanol–water partition coefficient (Wildman–Crippen LogP) is 3.77. The zero-order valence-electron chi connectivity index (χ0n) is 19.8. The van der Waals surface area contributed by atoms with E-state index in [4.69, 9.17) is 4.74 Å². The van der Waals surface area contributed by atoms with Crippen molar-refractivity contribution in [2.75, 3.05) is 11.9 Å². The molecule has 6 rings (SSSR count). The van der Waals surface area contributed by atoms with Gasteiger partial charge < -0.3 is 10.1 Å². The Labute approximate surface area is 210 Å². The second kappa shape index (κ2) is 9.08. The molecule has 0 unspecified atom stereocenters. The third kappa shape index (κ3) is 4.31. The number of fused-ring (bicyclic) bond motifs is 2. The second-order valence-corrected chi connectivity index (χ2v) is 8.45. The quantitative estimate of drug-likeness (QED) is 0.366. The van der Waals surface area contributed by atoms with Crippen molar-refractivity contribution in [3.63, 3.8) is 0 Å². The average molecular weight is 492 g/mol. The van der Waals surface area contributed by atoms with E-state index in [0.29, 0.717) is 28.3 Å². The van der Waals surface area contributed by atoms with Gasteiger partial charge in [-0.25, -0.2) is 4.68 Å². The molecule has 0 saturated heterocycles. The number of ether oxygens (including phenoxy) is 1. The third-order valence-corrected chi connectivity index (χ3v) is 5.82. The maximum atomic E-state index is 12.8. The molecule has 10 nitrogen and oxygen atoms in total. The number of aromatic nitrogens is 6. The largest absolute Gasteiger partial charge is 0.484 e. The summed E-state index contributed by atoms with van der Waals surface area (Å²) in [5.74, 6) is 0.697. The molecule has 182 valence electrons. The monoisotopic (exact) mass is 491 g/mol. The Balaban J connectivity index is 1.27. The summed E-state index contributed by atoms with van der Waals surface area (Å²) in [7, 11) is 0. The molecule has 0 spiro atoms. The van der Waals surface area contributed by atoms with Crippen LogP contribution >= 0.6 is 0 Å². The third-order valence-electron chi connectivity index (χ3n) is 5.82. The smallest absolute Gasteiger partial charge is 0.263 e. The molecule has 2 N–H and O–H groups in total. The fraction of sp³-hybridized carbons (Fsp3) is 0.0741. The highest BCUT2D eigenvalue weighted by molar-refractivity contribution is 5.91. The van der Waals surface area contributed by atoms with Gasteiger partial charge in [-0.15, -0.1) is 0 Å². The molecule has 0 atom stereocenters. The minimum Gasteiger partial charge on any atom is -0.484 e. The zero-order chi connectivity index (χ0) is 25.4. The lowest BCUT2D eigenvalue weighted by molar-refractivity contribution is -0.118. The van der Waals surface area contributed by atoms with Crippen LogP contribution in [0.25, 0.3) is 33.4 Å². The van der Waals surface area contributed by atoms with E-state index in [2.05, 4.69) is 25.5 Å². The molecular formula is C27H21N7O3. The summed E-state index contributed by atoms with van der Waals surface area (Å²) >= 11 is 0. The Morgan fingerprint density at radius 3 is 2.59 bits per heavy atom. The summed E-state index contributed by atoms with van der Waals surface area (Å²) in [6.45, 7) is 1.58. The molecule has 0 bridgehead atoms. The van der Waals surface area contributed by atoms with Gasteiger partial charge in [-0.1, -0.05) is 48.5 Å². The summed E-state index contributed by atoms with van der Waals surface area (Å²) in [5, 5.41) is 14.0. The SMILES string of the molecule is Cc1cc(NC(=O)COc2ccc3ccccc3c2)n(-c2nc3c(cnn3-c3ccccc3)c(=O)[nH]2)n1. The van der Waals surface area contributed by atoms with E-state index >= 15 is 0 Å². The fourth-order valence-electron chi connectivity index (χ4n) is 4.10. The molecule has 0 aliphatic heterocycles. The van der Waals surface area contributed by atoms with Crippen molar-refractivity contribution in [1.82, 2.24) is 29.5 Å². The number of rotatable bonds is 6. The molecule has 37 heavy (non-hydrogen) atoms. The Morgan fingerprint density at radius 2 is 1.76 bits per heavy atom. The number of carbonyl (C=O) groups excluding carboxylic acids is 1. The van der Waals surface area contributed by atoms with Gasteiger partial charge in [-0.3, -0.25) is 14.6 Å². The fourth-order valence-corrected chi connectivity index (χ4v) is 4.10. The van der Waals surface area contributed by atoms with Gasteiger partial charge in [0.25, 0.3) is 11.5 Å². The van der Waals surface area contributed by atoms with E-state index in [1.165, 1.54) is 10.9 Å². The maximum Gasteiger partial charge on any atom is 0.263 e. The van der Waals surface area contributed by atoms with Crippen molar-refractivity contribution in [2.24, 2.45) is 0 Å². The highest BCUT2D eigenvalue weighted by Gasteiger charge is 2.17. The van der Waals surface area contributed by atoms with Crippen LogP contribution < -0.4 is 15.6 Å². The molecule has 0 aliphatic carbocycles. The van der Waals surface area contributed by atoms with E-state index in [1.807, 2.05) is 72.8 Å². The summed E-state index contributed by atoms with van der Waals surface area (Å²) in [5.41, 5.74) is 1.39. The highest BCUT2D eigenvalue weighted by atomic mass is 16.5. The Kier molecular flexibility index (Phi) is 5.45.